The van der Waals surface area contributed by atoms with Gasteiger partial charge in [0.25, 0.3) is 10.0 Å². The molecule has 1 N–H and O–H groups in total. The molecule has 0 saturated heterocycles. The standard InChI is InChI=1S/C17H15BrN2O3S/c18-13-2-4-15(5-3-13)24(22,23)19-14-9-11-1-6-16(21)20-8-7-12(10-14)17(11)20/h2-5,9-10,19H,1,6-8H2. The molecule has 2 aliphatic heterocycles. The summed E-state index contributed by atoms with van der Waals surface area (Å²) < 4.78 is 28.6. The third kappa shape index (κ3) is 2.61. The Morgan fingerprint density at radius 3 is 2.38 bits per heavy atom. The molecule has 2 heterocycles. The van der Waals surface area contributed by atoms with Gasteiger partial charge in [-0.15, -0.1) is 0 Å². The molecule has 0 aliphatic carbocycles. The van der Waals surface area contributed by atoms with Crippen LogP contribution in [0.1, 0.15) is 17.5 Å². The van der Waals surface area contributed by atoms with Crippen molar-refractivity contribution in [1.29, 1.82) is 0 Å². The Hall–Kier alpha value is -1.86. The summed E-state index contributed by atoms with van der Waals surface area (Å²) in [6.45, 7) is 0.685. The molecule has 24 heavy (non-hydrogen) atoms. The molecule has 0 spiro atoms. The molecule has 7 heteroatoms. The van der Waals surface area contributed by atoms with Crippen LogP contribution in [0.3, 0.4) is 0 Å². The average molecular weight is 407 g/mol. The molecule has 0 aromatic heterocycles. The molecule has 2 aromatic carbocycles. The van der Waals surface area contributed by atoms with Gasteiger partial charge in [0.15, 0.2) is 0 Å². The summed E-state index contributed by atoms with van der Waals surface area (Å²) in [4.78, 5) is 14.0. The van der Waals surface area contributed by atoms with Gasteiger partial charge >= 0.3 is 0 Å². The topological polar surface area (TPSA) is 66.5 Å². The molecule has 0 atom stereocenters. The van der Waals surface area contributed by atoms with Crippen molar-refractivity contribution in [2.45, 2.75) is 24.2 Å². The maximum absolute atomic E-state index is 12.6. The number of rotatable bonds is 3. The molecule has 4 rings (SSSR count). The predicted octanol–water partition coefficient (Wildman–Crippen LogP) is 3.09. The van der Waals surface area contributed by atoms with Gasteiger partial charge in [0.05, 0.1) is 10.6 Å². The van der Waals surface area contributed by atoms with Crippen LogP contribution in [-0.2, 0) is 27.7 Å². The normalized spacial score (nSPS) is 16.2. The molecule has 0 bridgehead atoms. The van der Waals surface area contributed by atoms with Crippen LogP contribution in [0.15, 0.2) is 45.8 Å². The van der Waals surface area contributed by atoms with E-state index in [-0.39, 0.29) is 10.8 Å². The second-order valence-electron chi connectivity index (χ2n) is 6.00. The van der Waals surface area contributed by atoms with Crippen molar-refractivity contribution in [3.8, 4) is 0 Å². The Bertz CT molecular complexity index is 939. The second-order valence-corrected chi connectivity index (χ2v) is 8.60. The van der Waals surface area contributed by atoms with Gasteiger partial charge in [-0.2, -0.15) is 0 Å². The van der Waals surface area contributed by atoms with E-state index in [4.69, 9.17) is 0 Å². The van der Waals surface area contributed by atoms with E-state index in [0.717, 1.165) is 27.7 Å². The van der Waals surface area contributed by atoms with Gasteiger partial charge in [0.1, 0.15) is 0 Å². The Labute approximate surface area is 148 Å². The lowest BCUT2D eigenvalue weighted by molar-refractivity contribution is -0.118. The van der Waals surface area contributed by atoms with E-state index in [2.05, 4.69) is 20.7 Å². The number of amides is 1. The molecule has 0 fully saturated rings. The van der Waals surface area contributed by atoms with Crippen molar-refractivity contribution in [3.05, 3.63) is 52.0 Å². The highest BCUT2D eigenvalue weighted by molar-refractivity contribution is 9.10. The van der Waals surface area contributed by atoms with E-state index in [1.807, 2.05) is 17.0 Å². The van der Waals surface area contributed by atoms with Crippen LogP contribution < -0.4 is 9.62 Å². The Morgan fingerprint density at radius 1 is 1.00 bits per heavy atom. The fourth-order valence-electron chi connectivity index (χ4n) is 3.34. The molecule has 5 nitrogen and oxygen atoms in total. The Morgan fingerprint density at radius 2 is 1.67 bits per heavy atom. The van der Waals surface area contributed by atoms with Crippen molar-refractivity contribution < 1.29 is 13.2 Å². The van der Waals surface area contributed by atoms with Gasteiger partial charge in [-0.3, -0.25) is 9.52 Å². The fraction of sp³-hybridized carbons (Fsp3) is 0.235. The number of anilines is 2. The van der Waals surface area contributed by atoms with Gasteiger partial charge in [-0.25, -0.2) is 8.42 Å². The summed E-state index contributed by atoms with van der Waals surface area (Å²) in [5, 5.41) is 0. The molecule has 0 saturated carbocycles. The van der Waals surface area contributed by atoms with Crippen LogP contribution in [0.25, 0.3) is 0 Å². The average Bonchev–Trinajstić information content (AvgIpc) is 2.96. The van der Waals surface area contributed by atoms with Crippen LogP contribution in [0.4, 0.5) is 11.4 Å². The Kier molecular flexibility index (Phi) is 3.65. The largest absolute Gasteiger partial charge is 0.312 e. The van der Waals surface area contributed by atoms with Gasteiger partial charge < -0.3 is 4.90 Å². The molecule has 124 valence electrons. The van der Waals surface area contributed by atoms with E-state index < -0.39 is 10.0 Å². The first-order valence-corrected chi connectivity index (χ1v) is 9.96. The molecule has 0 radical (unpaired) electrons. The fourth-order valence-corrected chi connectivity index (χ4v) is 4.65. The summed E-state index contributed by atoms with van der Waals surface area (Å²) in [5.41, 5.74) is 3.62. The summed E-state index contributed by atoms with van der Waals surface area (Å²) in [7, 11) is -3.63. The van der Waals surface area contributed by atoms with Crippen LogP contribution >= 0.6 is 15.9 Å². The van der Waals surface area contributed by atoms with E-state index in [9.17, 15) is 13.2 Å². The predicted molar refractivity (Wildman–Crippen MR) is 95.8 cm³/mol. The van der Waals surface area contributed by atoms with Crippen LogP contribution in [0, 0.1) is 0 Å². The number of sulfonamides is 1. The third-order valence-electron chi connectivity index (χ3n) is 4.43. The van der Waals surface area contributed by atoms with Crippen LogP contribution in [0.2, 0.25) is 0 Å². The quantitative estimate of drug-likeness (QED) is 0.851. The lowest BCUT2D eigenvalue weighted by Crippen LogP contribution is -2.32. The number of nitrogens with one attached hydrogen (secondary N) is 1. The molecule has 1 amide bonds. The minimum absolute atomic E-state index is 0.157. The first kappa shape index (κ1) is 15.7. The zero-order valence-electron chi connectivity index (χ0n) is 12.8. The smallest absolute Gasteiger partial charge is 0.261 e. The summed E-state index contributed by atoms with van der Waals surface area (Å²) in [5.74, 6) is 0.157. The molecule has 2 aliphatic rings. The van der Waals surface area contributed by atoms with Crippen molar-refractivity contribution in [2.24, 2.45) is 0 Å². The minimum atomic E-state index is -3.63. The molecular formula is C17H15BrN2O3S. The minimum Gasteiger partial charge on any atom is -0.312 e. The van der Waals surface area contributed by atoms with Crippen molar-refractivity contribution in [1.82, 2.24) is 0 Å². The zero-order valence-corrected chi connectivity index (χ0v) is 15.2. The SMILES string of the molecule is O=C1CCc2cc(NS(=O)(=O)c3ccc(Br)cc3)cc3c2N1CC3. The molecular weight excluding hydrogens is 392 g/mol. The van der Waals surface area contributed by atoms with Gasteiger partial charge in [0.2, 0.25) is 5.91 Å². The number of carbonyl (C=O) groups is 1. The lowest BCUT2D eigenvalue weighted by Gasteiger charge is -2.25. The van der Waals surface area contributed by atoms with E-state index in [1.54, 1.807) is 24.3 Å². The van der Waals surface area contributed by atoms with Gasteiger partial charge in [-0.05, 0) is 60.4 Å². The second kappa shape index (κ2) is 5.60. The maximum Gasteiger partial charge on any atom is 0.261 e. The third-order valence-corrected chi connectivity index (χ3v) is 6.35. The van der Waals surface area contributed by atoms with E-state index >= 15 is 0 Å². The van der Waals surface area contributed by atoms with Crippen molar-refractivity contribution in [2.75, 3.05) is 16.2 Å². The maximum atomic E-state index is 12.6. The highest BCUT2D eigenvalue weighted by Gasteiger charge is 2.31. The zero-order chi connectivity index (χ0) is 16.9. The molecule has 2 aromatic rings. The van der Waals surface area contributed by atoms with Crippen molar-refractivity contribution >= 4 is 43.2 Å². The molecule has 0 unspecified atom stereocenters. The Balaban J connectivity index is 1.69. The monoisotopic (exact) mass is 406 g/mol. The number of aryl methyl sites for hydroxylation is 1. The van der Waals surface area contributed by atoms with Gasteiger partial charge in [0, 0.05) is 23.1 Å². The van der Waals surface area contributed by atoms with Crippen LogP contribution in [-0.4, -0.2) is 20.9 Å². The van der Waals surface area contributed by atoms with E-state index in [0.29, 0.717) is 25.1 Å². The van der Waals surface area contributed by atoms with Crippen molar-refractivity contribution in [3.63, 3.8) is 0 Å². The number of hydrogen-bond acceptors (Lipinski definition) is 3. The van der Waals surface area contributed by atoms with E-state index in [1.165, 1.54) is 0 Å². The van der Waals surface area contributed by atoms with Crippen LogP contribution in [0.5, 0.6) is 0 Å². The highest BCUT2D eigenvalue weighted by Crippen LogP contribution is 2.39. The number of halogens is 1. The lowest BCUT2D eigenvalue weighted by atomic mass is 9.99. The highest BCUT2D eigenvalue weighted by atomic mass is 79.9. The summed E-state index contributed by atoms with van der Waals surface area (Å²) in [6, 6.07) is 10.2. The first-order chi connectivity index (χ1) is 11.4. The first-order valence-electron chi connectivity index (χ1n) is 7.68. The number of nitrogens with zero attached hydrogens (tertiary/aromatic N) is 1. The number of benzene rings is 2. The summed E-state index contributed by atoms with van der Waals surface area (Å²) in [6.07, 6.45) is 1.91. The number of hydrogen-bond donors (Lipinski definition) is 1. The summed E-state index contributed by atoms with van der Waals surface area (Å²) >= 11 is 3.30. The van der Waals surface area contributed by atoms with Gasteiger partial charge in [-0.1, -0.05) is 15.9 Å². The number of carbonyl (C=O) groups excluding carboxylic acids is 1.